The summed E-state index contributed by atoms with van der Waals surface area (Å²) >= 11 is 0. The average Bonchev–Trinajstić information content (AvgIpc) is 3.14. The van der Waals surface area contributed by atoms with Crippen LogP contribution in [-0.4, -0.2) is 49.4 Å². The second-order valence-electron chi connectivity index (χ2n) is 7.47. The fourth-order valence-electron chi connectivity index (χ4n) is 3.95. The van der Waals surface area contributed by atoms with Crippen molar-refractivity contribution in [2.75, 3.05) is 42.5 Å². The number of anilines is 2. The van der Waals surface area contributed by atoms with Gasteiger partial charge in [-0.15, -0.1) is 0 Å². The molecule has 28 heavy (non-hydrogen) atoms. The minimum absolute atomic E-state index is 0.0124. The maximum absolute atomic E-state index is 12.9. The van der Waals surface area contributed by atoms with Crippen molar-refractivity contribution in [2.45, 2.75) is 13.8 Å². The van der Waals surface area contributed by atoms with Gasteiger partial charge >= 0.3 is 0 Å². The van der Waals surface area contributed by atoms with E-state index in [0.717, 1.165) is 18.8 Å². The molecule has 2 aromatic rings. The van der Waals surface area contributed by atoms with Crippen LogP contribution in [-0.2, 0) is 4.79 Å². The van der Waals surface area contributed by atoms with Gasteiger partial charge in [0.25, 0.3) is 11.8 Å². The first-order chi connectivity index (χ1) is 13.5. The summed E-state index contributed by atoms with van der Waals surface area (Å²) < 4.78 is 0. The molecule has 0 saturated carbocycles. The fourth-order valence-corrected chi connectivity index (χ4v) is 3.95. The quantitative estimate of drug-likeness (QED) is 0.828. The van der Waals surface area contributed by atoms with Gasteiger partial charge < -0.3 is 14.7 Å². The predicted molar refractivity (Wildman–Crippen MR) is 112 cm³/mol. The van der Waals surface area contributed by atoms with Crippen LogP contribution < -0.4 is 9.80 Å². The van der Waals surface area contributed by atoms with E-state index in [1.807, 2.05) is 35.2 Å². The van der Waals surface area contributed by atoms with E-state index in [1.165, 1.54) is 16.8 Å². The van der Waals surface area contributed by atoms with Gasteiger partial charge in [-0.2, -0.15) is 0 Å². The van der Waals surface area contributed by atoms with Crippen molar-refractivity contribution < 1.29 is 9.59 Å². The second-order valence-corrected chi connectivity index (χ2v) is 7.47. The Morgan fingerprint density at radius 3 is 2.25 bits per heavy atom. The number of carbonyl (C=O) groups excluding carboxylic acids is 2. The van der Waals surface area contributed by atoms with Crippen LogP contribution in [0.25, 0.3) is 0 Å². The molecule has 5 nitrogen and oxygen atoms in total. The van der Waals surface area contributed by atoms with Gasteiger partial charge in [0.1, 0.15) is 0 Å². The molecule has 2 amide bonds. The Morgan fingerprint density at radius 1 is 0.929 bits per heavy atom. The van der Waals surface area contributed by atoms with Gasteiger partial charge in [-0.05, 0) is 49.7 Å². The third-order valence-corrected chi connectivity index (χ3v) is 5.50. The van der Waals surface area contributed by atoms with Crippen LogP contribution in [0.15, 0.2) is 54.6 Å². The molecule has 2 heterocycles. The van der Waals surface area contributed by atoms with Gasteiger partial charge in [0.2, 0.25) is 0 Å². The Hall–Kier alpha value is -3.08. The second kappa shape index (κ2) is 7.50. The third-order valence-electron chi connectivity index (χ3n) is 5.50. The number of aryl methyl sites for hydroxylation is 2. The van der Waals surface area contributed by atoms with Gasteiger partial charge in [0.05, 0.1) is 0 Å². The summed E-state index contributed by atoms with van der Waals surface area (Å²) in [5.41, 5.74) is 5.30. The van der Waals surface area contributed by atoms with E-state index >= 15 is 0 Å². The summed E-state index contributed by atoms with van der Waals surface area (Å²) in [6, 6.07) is 13.9. The average molecular weight is 375 g/mol. The zero-order chi connectivity index (χ0) is 19.7. The van der Waals surface area contributed by atoms with Gasteiger partial charge in [-0.1, -0.05) is 23.8 Å². The molecule has 2 aliphatic rings. The number of benzene rings is 2. The van der Waals surface area contributed by atoms with Crippen molar-refractivity contribution in [3.63, 3.8) is 0 Å². The zero-order valence-electron chi connectivity index (χ0n) is 16.4. The van der Waals surface area contributed by atoms with E-state index in [-0.39, 0.29) is 11.8 Å². The molecule has 0 bridgehead atoms. The number of hydrogen-bond donors (Lipinski definition) is 0. The molecule has 1 fully saturated rings. The van der Waals surface area contributed by atoms with Crippen LogP contribution >= 0.6 is 0 Å². The van der Waals surface area contributed by atoms with Gasteiger partial charge in [-0.3, -0.25) is 9.59 Å². The lowest BCUT2D eigenvalue weighted by molar-refractivity contribution is -0.113. The largest absolute Gasteiger partial charge is 0.368 e. The first-order valence-corrected chi connectivity index (χ1v) is 9.72. The van der Waals surface area contributed by atoms with Crippen LogP contribution in [0.5, 0.6) is 0 Å². The van der Waals surface area contributed by atoms with Crippen LogP contribution in [0.3, 0.4) is 0 Å². The Morgan fingerprint density at radius 2 is 1.64 bits per heavy atom. The summed E-state index contributed by atoms with van der Waals surface area (Å²) in [5.74, 6) is 0.0410. The smallest absolute Gasteiger partial charge is 0.253 e. The zero-order valence-corrected chi connectivity index (χ0v) is 16.4. The lowest BCUT2D eigenvalue weighted by atomic mass is 10.1. The van der Waals surface area contributed by atoms with Crippen LogP contribution in [0, 0.1) is 13.8 Å². The molecule has 0 aromatic heterocycles. The van der Waals surface area contributed by atoms with Crippen molar-refractivity contribution in [3.8, 4) is 0 Å². The number of amides is 2. The summed E-state index contributed by atoms with van der Waals surface area (Å²) in [6.07, 6.45) is 3.42. The van der Waals surface area contributed by atoms with E-state index < -0.39 is 0 Å². The highest BCUT2D eigenvalue weighted by Gasteiger charge is 2.23. The SMILES string of the molecule is Cc1ccc(N2CCN(C(=O)c3ccc(N4CC=CC4=O)cc3)CC2)c(C)c1. The van der Waals surface area contributed by atoms with Crippen molar-refractivity contribution in [2.24, 2.45) is 0 Å². The van der Waals surface area contributed by atoms with Gasteiger partial charge in [0, 0.05) is 55.7 Å². The Bertz CT molecular complexity index is 925. The number of hydrogen-bond acceptors (Lipinski definition) is 3. The minimum Gasteiger partial charge on any atom is -0.368 e. The molecule has 0 spiro atoms. The number of rotatable bonds is 3. The molecule has 5 heteroatoms. The number of piperazine rings is 1. The predicted octanol–water partition coefficient (Wildman–Crippen LogP) is 3.17. The lowest BCUT2D eigenvalue weighted by Crippen LogP contribution is -2.49. The van der Waals surface area contributed by atoms with Crippen molar-refractivity contribution in [1.82, 2.24) is 4.90 Å². The molecular formula is C23H25N3O2. The van der Waals surface area contributed by atoms with Crippen molar-refractivity contribution in [1.29, 1.82) is 0 Å². The van der Waals surface area contributed by atoms with Gasteiger partial charge in [-0.25, -0.2) is 0 Å². The monoisotopic (exact) mass is 375 g/mol. The molecule has 2 aromatic carbocycles. The Balaban J connectivity index is 1.39. The molecular weight excluding hydrogens is 350 g/mol. The maximum Gasteiger partial charge on any atom is 0.253 e. The van der Waals surface area contributed by atoms with E-state index in [4.69, 9.17) is 0 Å². The maximum atomic E-state index is 12.9. The summed E-state index contributed by atoms with van der Waals surface area (Å²) in [6.45, 7) is 7.93. The molecule has 144 valence electrons. The molecule has 0 unspecified atom stereocenters. The fraction of sp³-hybridized carbons (Fsp3) is 0.304. The minimum atomic E-state index is -0.0124. The molecule has 0 atom stereocenters. The lowest BCUT2D eigenvalue weighted by Gasteiger charge is -2.37. The standard InChI is InChI=1S/C23H25N3O2/c1-17-5-10-21(18(2)16-17)24-12-14-25(15-13-24)23(28)19-6-8-20(9-7-19)26-11-3-4-22(26)27/h3-10,16H,11-15H2,1-2H3. The van der Waals surface area contributed by atoms with E-state index in [2.05, 4.69) is 36.9 Å². The number of nitrogens with zero attached hydrogens (tertiary/aromatic N) is 3. The van der Waals surface area contributed by atoms with E-state index in [0.29, 0.717) is 25.2 Å². The van der Waals surface area contributed by atoms with Crippen LogP contribution in [0.2, 0.25) is 0 Å². The highest BCUT2D eigenvalue weighted by molar-refractivity contribution is 6.04. The molecule has 1 saturated heterocycles. The topological polar surface area (TPSA) is 43.9 Å². The molecule has 0 radical (unpaired) electrons. The van der Waals surface area contributed by atoms with E-state index in [1.54, 1.807) is 11.0 Å². The third kappa shape index (κ3) is 3.52. The summed E-state index contributed by atoms with van der Waals surface area (Å²) in [4.78, 5) is 30.6. The van der Waals surface area contributed by atoms with Crippen molar-refractivity contribution >= 4 is 23.2 Å². The normalized spacial score (nSPS) is 16.8. The molecule has 0 N–H and O–H groups in total. The van der Waals surface area contributed by atoms with Gasteiger partial charge in [0.15, 0.2) is 0 Å². The Kier molecular flexibility index (Phi) is 4.90. The number of carbonyl (C=O) groups is 2. The highest BCUT2D eigenvalue weighted by Crippen LogP contribution is 2.23. The van der Waals surface area contributed by atoms with Crippen LogP contribution in [0.4, 0.5) is 11.4 Å². The first-order valence-electron chi connectivity index (χ1n) is 9.72. The van der Waals surface area contributed by atoms with Crippen molar-refractivity contribution in [3.05, 3.63) is 71.3 Å². The highest BCUT2D eigenvalue weighted by atomic mass is 16.2. The summed E-state index contributed by atoms with van der Waals surface area (Å²) in [5, 5.41) is 0. The first kappa shape index (κ1) is 18.3. The van der Waals surface area contributed by atoms with E-state index in [9.17, 15) is 9.59 Å². The van der Waals surface area contributed by atoms with Crippen LogP contribution in [0.1, 0.15) is 21.5 Å². The Labute approximate surface area is 165 Å². The molecule has 4 rings (SSSR count). The molecule has 2 aliphatic heterocycles. The summed E-state index contributed by atoms with van der Waals surface area (Å²) in [7, 11) is 0. The molecule has 0 aliphatic carbocycles.